The van der Waals surface area contributed by atoms with Gasteiger partial charge in [-0.05, 0) is 6.07 Å². The number of thiazole rings is 1. The number of hydrogen-bond acceptors (Lipinski definition) is 7. The Labute approximate surface area is 128 Å². The third-order valence-electron chi connectivity index (χ3n) is 2.80. The summed E-state index contributed by atoms with van der Waals surface area (Å²) in [7, 11) is 3.24. The van der Waals surface area contributed by atoms with Crippen LogP contribution in [-0.2, 0) is 17.9 Å². The van der Waals surface area contributed by atoms with E-state index in [1.807, 2.05) is 6.07 Å². The van der Waals surface area contributed by atoms with Gasteiger partial charge in [0.25, 0.3) is 0 Å². The highest BCUT2D eigenvalue weighted by molar-refractivity contribution is 7.15. The number of aromatic nitrogens is 3. The maximum Gasteiger partial charge on any atom is 0.233 e. The molecule has 0 aliphatic rings. The van der Waals surface area contributed by atoms with Crippen LogP contribution in [0.3, 0.4) is 0 Å². The third kappa shape index (κ3) is 4.20. The minimum Gasteiger partial charge on any atom is -0.480 e. The van der Waals surface area contributed by atoms with E-state index in [0.29, 0.717) is 18.5 Å². The minimum atomic E-state index is 0.423. The van der Waals surface area contributed by atoms with Gasteiger partial charge in [-0.25, -0.2) is 4.98 Å². The fourth-order valence-corrected chi connectivity index (χ4v) is 2.70. The van der Waals surface area contributed by atoms with E-state index in [2.05, 4.69) is 34.3 Å². The Kier molecular flexibility index (Phi) is 5.60. The van der Waals surface area contributed by atoms with E-state index in [-0.39, 0.29) is 0 Å². The van der Waals surface area contributed by atoms with Gasteiger partial charge in [0.15, 0.2) is 0 Å². The number of ether oxygens (including phenoxy) is 2. The fourth-order valence-electron chi connectivity index (χ4n) is 1.72. The molecule has 0 aliphatic heterocycles. The normalized spacial score (nSPS) is 11.1. The van der Waals surface area contributed by atoms with Crippen molar-refractivity contribution < 1.29 is 9.47 Å². The molecule has 0 aliphatic carbocycles. The van der Waals surface area contributed by atoms with Crippen molar-refractivity contribution in [3.05, 3.63) is 22.7 Å². The lowest BCUT2D eigenvalue weighted by molar-refractivity contribution is 0.181. The second kappa shape index (κ2) is 7.44. The van der Waals surface area contributed by atoms with Crippen molar-refractivity contribution in [2.45, 2.75) is 33.0 Å². The summed E-state index contributed by atoms with van der Waals surface area (Å²) in [4.78, 5) is 5.78. The SMILES string of the molecule is COCc1nc(-c2ccc(OC)nn2)sc1CNC(C)C. The van der Waals surface area contributed by atoms with E-state index in [9.17, 15) is 0 Å². The van der Waals surface area contributed by atoms with Gasteiger partial charge in [-0.2, -0.15) is 0 Å². The van der Waals surface area contributed by atoms with Crippen LogP contribution in [0, 0.1) is 0 Å². The molecule has 0 saturated heterocycles. The lowest BCUT2D eigenvalue weighted by Gasteiger charge is -2.07. The number of hydrogen-bond donors (Lipinski definition) is 1. The second-order valence-electron chi connectivity index (χ2n) is 4.82. The van der Waals surface area contributed by atoms with Crippen molar-refractivity contribution in [1.29, 1.82) is 0 Å². The summed E-state index contributed by atoms with van der Waals surface area (Å²) in [6.07, 6.45) is 0. The number of rotatable bonds is 7. The molecule has 0 fully saturated rings. The van der Waals surface area contributed by atoms with E-state index in [1.165, 1.54) is 0 Å². The molecule has 0 aromatic carbocycles. The van der Waals surface area contributed by atoms with Crippen molar-refractivity contribution in [3.63, 3.8) is 0 Å². The predicted octanol–water partition coefficient (Wildman–Crippen LogP) is 2.25. The molecule has 0 radical (unpaired) electrons. The van der Waals surface area contributed by atoms with Gasteiger partial charge in [-0.15, -0.1) is 21.5 Å². The zero-order valence-corrected chi connectivity index (χ0v) is 13.5. The van der Waals surface area contributed by atoms with Crippen molar-refractivity contribution in [2.75, 3.05) is 14.2 Å². The maximum absolute atomic E-state index is 5.22. The Balaban J connectivity index is 2.24. The zero-order chi connectivity index (χ0) is 15.2. The molecule has 2 rings (SSSR count). The van der Waals surface area contributed by atoms with E-state index >= 15 is 0 Å². The molecule has 0 bridgehead atoms. The summed E-state index contributed by atoms with van der Waals surface area (Å²) in [5.74, 6) is 0.495. The van der Waals surface area contributed by atoms with Gasteiger partial charge in [0, 0.05) is 30.6 Å². The quantitative estimate of drug-likeness (QED) is 0.846. The Hall–Kier alpha value is -1.57. The highest BCUT2D eigenvalue weighted by atomic mass is 32.1. The van der Waals surface area contributed by atoms with Crippen molar-refractivity contribution in [2.24, 2.45) is 0 Å². The smallest absolute Gasteiger partial charge is 0.233 e. The summed E-state index contributed by atoms with van der Waals surface area (Å²) in [6.45, 7) is 5.51. The molecule has 0 unspecified atom stereocenters. The van der Waals surface area contributed by atoms with Crippen LogP contribution in [0.2, 0.25) is 0 Å². The maximum atomic E-state index is 5.22. The van der Waals surface area contributed by atoms with Crippen molar-refractivity contribution in [1.82, 2.24) is 20.5 Å². The Morgan fingerprint density at radius 3 is 2.62 bits per heavy atom. The van der Waals surface area contributed by atoms with E-state index in [4.69, 9.17) is 9.47 Å². The van der Waals surface area contributed by atoms with Crippen LogP contribution in [0.4, 0.5) is 0 Å². The van der Waals surface area contributed by atoms with Crippen LogP contribution in [0.15, 0.2) is 12.1 Å². The van der Waals surface area contributed by atoms with Gasteiger partial charge in [-0.1, -0.05) is 13.8 Å². The van der Waals surface area contributed by atoms with Gasteiger partial charge < -0.3 is 14.8 Å². The van der Waals surface area contributed by atoms with Gasteiger partial charge in [0.2, 0.25) is 5.88 Å². The molecule has 0 spiro atoms. The zero-order valence-electron chi connectivity index (χ0n) is 12.7. The molecule has 2 aromatic heterocycles. The van der Waals surface area contributed by atoms with Gasteiger partial charge in [0.1, 0.15) is 10.7 Å². The Morgan fingerprint density at radius 1 is 1.24 bits per heavy atom. The van der Waals surface area contributed by atoms with Gasteiger partial charge in [-0.3, -0.25) is 0 Å². The molecule has 2 aromatic rings. The summed E-state index contributed by atoms with van der Waals surface area (Å²) in [6, 6.07) is 4.07. The van der Waals surface area contributed by atoms with Crippen LogP contribution in [-0.4, -0.2) is 35.4 Å². The predicted molar refractivity (Wildman–Crippen MR) is 82.4 cm³/mol. The Bertz CT molecular complexity index is 569. The molecule has 2 heterocycles. The summed E-state index contributed by atoms with van der Waals surface area (Å²) < 4.78 is 10.2. The molecule has 1 N–H and O–H groups in total. The number of nitrogens with zero attached hydrogens (tertiary/aromatic N) is 3. The molecular weight excluding hydrogens is 288 g/mol. The average Bonchev–Trinajstić information content (AvgIpc) is 2.89. The summed E-state index contributed by atoms with van der Waals surface area (Å²) in [5.41, 5.74) is 1.69. The highest BCUT2D eigenvalue weighted by Gasteiger charge is 2.14. The van der Waals surface area contributed by atoms with Crippen molar-refractivity contribution in [3.8, 4) is 16.6 Å². The lowest BCUT2D eigenvalue weighted by atomic mass is 10.3. The van der Waals surface area contributed by atoms with Crippen molar-refractivity contribution >= 4 is 11.3 Å². The monoisotopic (exact) mass is 308 g/mol. The van der Waals surface area contributed by atoms with E-state index in [0.717, 1.165) is 27.8 Å². The first-order valence-corrected chi connectivity index (χ1v) is 7.54. The van der Waals surface area contributed by atoms with Crippen LogP contribution in [0.25, 0.3) is 10.7 Å². The lowest BCUT2D eigenvalue weighted by Crippen LogP contribution is -2.21. The van der Waals surface area contributed by atoms with Gasteiger partial charge in [0.05, 0.1) is 19.4 Å². The molecule has 6 nitrogen and oxygen atoms in total. The molecule has 0 saturated carbocycles. The fraction of sp³-hybridized carbons (Fsp3) is 0.500. The second-order valence-corrected chi connectivity index (χ2v) is 5.90. The highest BCUT2D eigenvalue weighted by Crippen LogP contribution is 2.27. The molecule has 114 valence electrons. The van der Waals surface area contributed by atoms with Crippen LogP contribution < -0.4 is 10.1 Å². The first-order valence-electron chi connectivity index (χ1n) is 6.73. The third-order valence-corrected chi connectivity index (χ3v) is 3.92. The number of methoxy groups -OCH3 is 2. The molecule has 0 atom stereocenters. The topological polar surface area (TPSA) is 69.2 Å². The van der Waals surface area contributed by atoms with Crippen LogP contribution in [0.5, 0.6) is 5.88 Å². The number of nitrogens with one attached hydrogen (secondary N) is 1. The van der Waals surface area contributed by atoms with Crippen LogP contribution in [0.1, 0.15) is 24.4 Å². The molecular formula is C14H20N4O2S. The van der Waals surface area contributed by atoms with E-state index < -0.39 is 0 Å². The summed E-state index contributed by atoms with van der Waals surface area (Å²) in [5, 5.41) is 12.4. The molecule has 0 amide bonds. The van der Waals surface area contributed by atoms with Gasteiger partial charge >= 0.3 is 0 Å². The van der Waals surface area contributed by atoms with E-state index in [1.54, 1.807) is 31.6 Å². The molecule has 7 heteroatoms. The largest absolute Gasteiger partial charge is 0.480 e. The first kappa shape index (κ1) is 15.8. The minimum absolute atomic E-state index is 0.423. The van der Waals surface area contributed by atoms with Crippen LogP contribution >= 0.6 is 11.3 Å². The average molecular weight is 308 g/mol. The standard InChI is InChI=1S/C14H20N4O2S/c1-9(2)15-7-12-11(8-19-3)16-14(21-12)10-5-6-13(20-4)18-17-10/h5-6,9,15H,7-8H2,1-4H3. The Morgan fingerprint density at radius 2 is 2.05 bits per heavy atom. The first-order chi connectivity index (χ1) is 10.1. The summed E-state index contributed by atoms with van der Waals surface area (Å²) >= 11 is 1.61. The molecule has 21 heavy (non-hydrogen) atoms.